The van der Waals surface area contributed by atoms with Gasteiger partial charge in [-0.1, -0.05) is 0 Å². The van der Waals surface area contributed by atoms with Crippen LogP contribution in [0, 0.1) is 23.7 Å². The molecule has 0 aromatic heterocycles. The van der Waals surface area contributed by atoms with Crippen LogP contribution in [0.25, 0.3) is 0 Å². The molecule has 0 amide bonds. The van der Waals surface area contributed by atoms with Crippen LogP contribution in [0.2, 0.25) is 0 Å². The number of anilines is 1. The molecule has 0 aliphatic carbocycles. The Morgan fingerprint density at radius 2 is 2.11 bits per heavy atom. The SMILES string of the molecule is Cc1cc(S(=O)CCCC(C)(C)C#N)ccc1N. The van der Waals surface area contributed by atoms with Crippen LogP contribution in [0.15, 0.2) is 23.1 Å². The summed E-state index contributed by atoms with van der Waals surface area (Å²) in [6.07, 6.45) is 1.56. The zero-order valence-electron chi connectivity index (χ0n) is 11.2. The van der Waals surface area contributed by atoms with Gasteiger partial charge in [-0.15, -0.1) is 0 Å². The standard InChI is InChI=1S/C14H20N2OS/c1-11-9-12(5-6-13(11)16)18(17)8-4-7-14(2,3)10-15/h5-6,9H,4,7-8,16H2,1-3H3. The molecule has 0 bridgehead atoms. The molecule has 18 heavy (non-hydrogen) atoms. The van der Waals surface area contributed by atoms with E-state index in [1.54, 1.807) is 6.07 Å². The summed E-state index contributed by atoms with van der Waals surface area (Å²) in [5.41, 5.74) is 7.08. The lowest BCUT2D eigenvalue weighted by atomic mass is 9.90. The van der Waals surface area contributed by atoms with Gasteiger partial charge < -0.3 is 5.73 Å². The smallest absolute Gasteiger partial charge is 0.0683 e. The summed E-state index contributed by atoms with van der Waals surface area (Å²) < 4.78 is 12.1. The molecule has 0 aliphatic rings. The molecule has 0 fully saturated rings. The highest BCUT2D eigenvalue weighted by Gasteiger charge is 2.16. The number of rotatable bonds is 5. The lowest BCUT2D eigenvalue weighted by Crippen LogP contribution is -2.10. The van der Waals surface area contributed by atoms with Gasteiger partial charge in [0, 0.05) is 16.3 Å². The van der Waals surface area contributed by atoms with Gasteiger partial charge in [0.1, 0.15) is 0 Å². The first-order valence-electron chi connectivity index (χ1n) is 6.01. The molecule has 1 atom stereocenters. The third-order valence-corrected chi connectivity index (χ3v) is 4.38. The zero-order chi connectivity index (χ0) is 13.8. The van der Waals surface area contributed by atoms with E-state index < -0.39 is 10.8 Å². The van der Waals surface area contributed by atoms with Crippen LogP contribution in [0.5, 0.6) is 0 Å². The van der Waals surface area contributed by atoms with Crippen LogP contribution in [0.1, 0.15) is 32.3 Å². The largest absolute Gasteiger partial charge is 0.399 e. The molecule has 0 radical (unpaired) electrons. The Morgan fingerprint density at radius 3 is 2.67 bits per heavy atom. The fourth-order valence-electron chi connectivity index (χ4n) is 1.61. The molecule has 0 spiro atoms. The lowest BCUT2D eigenvalue weighted by molar-refractivity contribution is 0.447. The highest BCUT2D eigenvalue weighted by molar-refractivity contribution is 7.85. The second kappa shape index (κ2) is 6.01. The Balaban J connectivity index is 2.56. The van der Waals surface area contributed by atoms with Crippen molar-refractivity contribution in [3.8, 4) is 6.07 Å². The lowest BCUT2D eigenvalue weighted by Gasteiger charge is -2.14. The molecular formula is C14H20N2OS. The molecule has 98 valence electrons. The van der Waals surface area contributed by atoms with E-state index in [1.165, 1.54) is 0 Å². The van der Waals surface area contributed by atoms with E-state index in [4.69, 9.17) is 11.0 Å². The molecule has 1 aromatic carbocycles. The normalized spacial score (nSPS) is 13.0. The molecule has 1 rings (SSSR count). The first-order chi connectivity index (χ1) is 8.35. The van der Waals surface area contributed by atoms with E-state index in [9.17, 15) is 4.21 Å². The first kappa shape index (κ1) is 14.7. The van der Waals surface area contributed by atoms with E-state index in [1.807, 2.05) is 32.9 Å². The van der Waals surface area contributed by atoms with E-state index in [2.05, 4.69) is 6.07 Å². The second-order valence-corrected chi connectivity index (χ2v) is 6.74. The van der Waals surface area contributed by atoms with Crippen molar-refractivity contribution in [2.45, 2.75) is 38.5 Å². The third-order valence-electron chi connectivity index (χ3n) is 2.94. The van der Waals surface area contributed by atoms with E-state index >= 15 is 0 Å². The monoisotopic (exact) mass is 264 g/mol. The summed E-state index contributed by atoms with van der Waals surface area (Å²) in [7, 11) is -1.00. The van der Waals surface area contributed by atoms with Crippen LogP contribution in [0.3, 0.4) is 0 Å². The Kier molecular flexibility index (Phi) is 4.92. The topological polar surface area (TPSA) is 66.9 Å². The summed E-state index contributed by atoms with van der Waals surface area (Å²) in [5.74, 6) is 0.592. The minimum atomic E-state index is -1.00. The predicted octanol–water partition coefficient (Wildman–Crippen LogP) is 3.01. The van der Waals surface area contributed by atoms with Crippen molar-refractivity contribution in [3.63, 3.8) is 0 Å². The number of benzene rings is 1. The van der Waals surface area contributed by atoms with Gasteiger partial charge in [0.25, 0.3) is 0 Å². The minimum absolute atomic E-state index is 0.332. The van der Waals surface area contributed by atoms with Gasteiger partial charge >= 0.3 is 0 Å². The van der Waals surface area contributed by atoms with Gasteiger partial charge in [0.2, 0.25) is 0 Å². The minimum Gasteiger partial charge on any atom is -0.399 e. The molecule has 1 aromatic rings. The number of nitrogens with two attached hydrogens (primary N) is 1. The molecule has 0 saturated heterocycles. The first-order valence-corrected chi connectivity index (χ1v) is 7.33. The van der Waals surface area contributed by atoms with Crippen molar-refractivity contribution in [1.82, 2.24) is 0 Å². The van der Waals surface area contributed by atoms with Crippen molar-refractivity contribution >= 4 is 16.5 Å². The Labute approximate surface area is 111 Å². The highest BCUT2D eigenvalue weighted by Crippen LogP contribution is 2.22. The number of hydrogen-bond donors (Lipinski definition) is 1. The van der Waals surface area contributed by atoms with Crippen molar-refractivity contribution in [1.29, 1.82) is 5.26 Å². The molecule has 1 unspecified atom stereocenters. The average Bonchev–Trinajstić information content (AvgIpc) is 2.32. The van der Waals surface area contributed by atoms with Crippen LogP contribution >= 0.6 is 0 Å². The fourth-order valence-corrected chi connectivity index (χ4v) is 2.78. The van der Waals surface area contributed by atoms with Crippen molar-refractivity contribution in [2.24, 2.45) is 5.41 Å². The number of hydrogen-bond acceptors (Lipinski definition) is 3. The maximum Gasteiger partial charge on any atom is 0.0683 e. The van der Waals surface area contributed by atoms with Crippen molar-refractivity contribution in [2.75, 3.05) is 11.5 Å². The molecule has 0 heterocycles. The quantitative estimate of drug-likeness (QED) is 0.831. The fraction of sp³-hybridized carbons (Fsp3) is 0.500. The van der Waals surface area contributed by atoms with Crippen LogP contribution in [0.4, 0.5) is 5.69 Å². The van der Waals surface area contributed by atoms with Crippen molar-refractivity contribution in [3.05, 3.63) is 23.8 Å². The number of nitrogens with zero attached hydrogens (tertiary/aromatic N) is 1. The van der Waals surface area contributed by atoms with Gasteiger partial charge in [-0.3, -0.25) is 4.21 Å². The number of aryl methyl sites for hydroxylation is 1. The molecular weight excluding hydrogens is 244 g/mol. The van der Waals surface area contributed by atoms with Crippen molar-refractivity contribution < 1.29 is 4.21 Å². The van der Waals surface area contributed by atoms with E-state index in [0.717, 1.165) is 29.0 Å². The van der Waals surface area contributed by atoms with Crippen LogP contribution in [-0.4, -0.2) is 9.96 Å². The molecule has 3 nitrogen and oxygen atoms in total. The molecule has 4 heteroatoms. The van der Waals surface area contributed by atoms with Gasteiger partial charge in [-0.05, 0) is 57.4 Å². The third kappa shape index (κ3) is 4.15. The van der Waals surface area contributed by atoms with E-state index in [0.29, 0.717) is 5.75 Å². The van der Waals surface area contributed by atoms with Gasteiger partial charge in [-0.25, -0.2) is 0 Å². The maximum absolute atomic E-state index is 12.1. The van der Waals surface area contributed by atoms with E-state index in [-0.39, 0.29) is 5.41 Å². The average molecular weight is 264 g/mol. The number of nitrogen functional groups attached to an aromatic ring is 1. The van der Waals surface area contributed by atoms with Gasteiger partial charge in [0.05, 0.1) is 22.3 Å². The van der Waals surface area contributed by atoms with Crippen LogP contribution < -0.4 is 5.73 Å². The highest BCUT2D eigenvalue weighted by atomic mass is 32.2. The maximum atomic E-state index is 12.1. The summed E-state index contributed by atoms with van der Waals surface area (Å²) in [5, 5.41) is 8.90. The summed E-state index contributed by atoms with van der Waals surface area (Å²) >= 11 is 0. The summed E-state index contributed by atoms with van der Waals surface area (Å²) in [6.45, 7) is 5.72. The Morgan fingerprint density at radius 1 is 1.44 bits per heavy atom. The predicted molar refractivity (Wildman–Crippen MR) is 75.5 cm³/mol. The Hall–Kier alpha value is -1.34. The molecule has 0 aliphatic heterocycles. The Bertz CT molecular complexity index is 489. The molecule has 2 N–H and O–H groups in total. The second-order valence-electron chi connectivity index (χ2n) is 5.17. The van der Waals surface area contributed by atoms with Gasteiger partial charge in [0.15, 0.2) is 0 Å². The van der Waals surface area contributed by atoms with Crippen LogP contribution in [-0.2, 0) is 10.8 Å². The zero-order valence-corrected chi connectivity index (χ0v) is 12.0. The summed E-state index contributed by atoms with van der Waals surface area (Å²) in [6, 6.07) is 7.74. The van der Waals surface area contributed by atoms with Gasteiger partial charge in [-0.2, -0.15) is 5.26 Å². The number of nitriles is 1. The summed E-state index contributed by atoms with van der Waals surface area (Å²) in [4.78, 5) is 0.816. The molecule has 0 saturated carbocycles.